The summed E-state index contributed by atoms with van der Waals surface area (Å²) in [5.74, 6) is 0. The molecule has 28 heavy (non-hydrogen) atoms. The van der Waals surface area contributed by atoms with Crippen molar-refractivity contribution in [3.8, 4) is 0 Å². The minimum atomic E-state index is -3.77. The lowest BCUT2D eigenvalue weighted by Crippen LogP contribution is -2.30. The summed E-state index contributed by atoms with van der Waals surface area (Å²) in [6, 6.07) is 13.3. The number of benzene rings is 2. The molecule has 2 aromatic rings. The molecule has 0 spiro atoms. The van der Waals surface area contributed by atoms with Crippen LogP contribution < -0.4 is 4.83 Å². The molecule has 0 bridgehead atoms. The Labute approximate surface area is 166 Å². The molecule has 0 aliphatic heterocycles. The summed E-state index contributed by atoms with van der Waals surface area (Å²) in [4.78, 5) is 2.67. The fraction of sp³-hybridized carbons (Fsp3) is 0.350. The molecule has 1 saturated carbocycles. The van der Waals surface area contributed by atoms with Gasteiger partial charge in [0.05, 0.1) is 15.0 Å². The molecule has 2 aromatic carbocycles. The maximum atomic E-state index is 12.9. The van der Waals surface area contributed by atoms with E-state index in [2.05, 4.69) is 9.93 Å². The van der Waals surface area contributed by atoms with E-state index in [-0.39, 0.29) is 11.3 Å². The van der Waals surface area contributed by atoms with Crippen molar-refractivity contribution in [2.75, 3.05) is 0 Å². The van der Waals surface area contributed by atoms with Gasteiger partial charge < -0.3 is 0 Å². The van der Waals surface area contributed by atoms with Gasteiger partial charge in [-0.1, -0.05) is 35.4 Å². The molecule has 1 N–H and O–H groups in total. The molecule has 0 aromatic heterocycles. The SMILES string of the molecule is Cc1ccc(S(=O)(=O)N/N=C2\CCCC(S(=O)(=O)c3ccc(C)cc3)C2)cc1. The Hall–Kier alpha value is -2.19. The van der Waals surface area contributed by atoms with E-state index in [4.69, 9.17) is 0 Å². The second kappa shape index (κ2) is 8.05. The van der Waals surface area contributed by atoms with E-state index in [9.17, 15) is 16.8 Å². The van der Waals surface area contributed by atoms with Gasteiger partial charge in [0.25, 0.3) is 10.0 Å². The minimum Gasteiger partial charge on any atom is -0.223 e. The first-order chi connectivity index (χ1) is 13.2. The van der Waals surface area contributed by atoms with Crippen molar-refractivity contribution in [2.45, 2.75) is 54.6 Å². The minimum absolute atomic E-state index is 0.127. The summed E-state index contributed by atoms with van der Waals surface area (Å²) < 4.78 is 50.6. The first-order valence-corrected chi connectivity index (χ1v) is 12.2. The Morgan fingerprint density at radius 3 is 1.96 bits per heavy atom. The van der Waals surface area contributed by atoms with Gasteiger partial charge >= 0.3 is 0 Å². The van der Waals surface area contributed by atoms with E-state index >= 15 is 0 Å². The molecule has 0 amide bonds. The predicted octanol–water partition coefficient (Wildman–Crippen LogP) is 3.35. The van der Waals surface area contributed by atoms with Crippen molar-refractivity contribution in [1.29, 1.82) is 0 Å². The fourth-order valence-corrected chi connectivity index (χ4v) is 5.82. The highest BCUT2D eigenvalue weighted by molar-refractivity contribution is 7.92. The van der Waals surface area contributed by atoms with Crippen LogP contribution in [-0.4, -0.2) is 27.8 Å². The predicted molar refractivity (Wildman–Crippen MR) is 110 cm³/mol. The van der Waals surface area contributed by atoms with Gasteiger partial charge in [-0.3, -0.25) is 0 Å². The van der Waals surface area contributed by atoms with Gasteiger partial charge in [0.1, 0.15) is 0 Å². The summed E-state index contributed by atoms with van der Waals surface area (Å²) in [6.45, 7) is 3.78. The molecular weight excluding hydrogens is 396 g/mol. The lowest BCUT2D eigenvalue weighted by atomic mass is 9.98. The average Bonchev–Trinajstić information content (AvgIpc) is 2.67. The molecule has 1 atom stereocenters. The van der Waals surface area contributed by atoms with Gasteiger partial charge in [0.15, 0.2) is 9.84 Å². The van der Waals surface area contributed by atoms with Crippen LogP contribution in [-0.2, 0) is 19.9 Å². The number of hydrazone groups is 1. The van der Waals surface area contributed by atoms with E-state index in [1.54, 1.807) is 36.4 Å². The summed E-state index contributed by atoms with van der Waals surface area (Å²) >= 11 is 0. The smallest absolute Gasteiger partial charge is 0.223 e. The largest absolute Gasteiger partial charge is 0.276 e. The summed E-state index contributed by atoms with van der Waals surface area (Å²) in [5.41, 5.74) is 2.51. The van der Waals surface area contributed by atoms with Crippen LogP contribution in [0, 0.1) is 13.8 Å². The van der Waals surface area contributed by atoms with Gasteiger partial charge in [-0.05, 0) is 57.4 Å². The van der Waals surface area contributed by atoms with Crippen LogP contribution in [0.25, 0.3) is 0 Å². The maximum Gasteiger partial charge on any atom is 0.276 e. The summed E-state index contributed by atoms with van der Waals surface area (Å²) in [7, 11) is -7.25. The molecule has 0 heterocycles. The van der Waals surface area contributed by atoms with Crippen LogP contribution in [0.15, 0.2) is 63.4 Å². The zero-order valence-electron chi connectivity index (χ0n) is 15.9. The van der Waals surface area contributed by atoms with Crippen molar-refractivity contribution in [3.63, 3.8) is 0 Å². The van der Waals surface area contributed by atoms with Gasteiger partial charge in [0.2, 0.25) is 0 Å². The molecule has 0 saturated heterocycles. The highest BCUT2D eigenvalue weighted by Crippen LogP contribution is 2.28. The number of sulfonamides is 1. The van der Waals surface area contributed by atoms with E-state index in [1.807, 2.05) is 13.8 Å². The van der Waals surface area contributed by atoms with Gasteiger partial charge in [-0.25, -0.2) is 13.2 Å². The monoisotopic (exact) mass is 420 g/mol. The van der Waals surface area contributed by atoms with Crippen molar-refractivity contribution in [3.05, 3.63) is 59.7 Å². The quantitative estimate of drug-likeness (QED) is 0.751. The lowest BCUT2D eigenvalue weighted by molar-refractivity contribution is 0.558. The fourth-order valence-electron chi connectivity index (χ4n) is 3.18. The maximum absolute atomic E-state index is 12.9. The number of hydrogen-bond donors (Lipinski definition) is 1. The zero-order chi connectivity index (χ0) is 20.4. The summed E-state index contributed by atoms with van der Waals surface area (Å²) in [6.07, 6.45) is 2.00. The Morgan fingerprint density at radius 1 is 0.857 bits per heavy atom. The third kappa shape index (κ3) is 4.62. The van der Waals surface area contributed by atoms with Crippen LogP contribution >= 0.6 is 0 Å². The third-order valence-corrected chi connectivity index (χ3v) is 8.33. The highest BCUT2D eigenvalue weighted by atomic mass is 32.2. The van der Waals surface area contributed by atoms with Crippen molar-refractivity contribution < 1.29 is 16.8 Å². The normalized spacial score (nSPS) is 19.5. The van der Waals surface area contributed by atoms with Crippen molar-refractivity contribution >= 4 is 25.6 Å². The second-order valence-corrected chi connectivity index (χ2v) is 11.1. The average molecular weight is 421 g/mol. The number of hydrogen-bond acceptors (Lipinski definition) is 5. The molecule has 6 nitrogen and oxygen atoms in total. The first kappa shape index (κ1) is 20.5. The molecular formula is C20H24N2O4S2. The number of sulfone groups is 1. The molecule has 1 aliphatic carbocycles. The first-order valence-electron chi connectivity index (χ1n) is 9.13. The standard InChI is InChI=1S/C20H24N2O4S2/c1-15-6-10-18(11-7-15)27(23,24)20-5-3-4-17(14-20)21-22-28(25,26)19-12-8-16(2)9-13-19/h6-13,20,22H,3-5,14H2,1-2H3/b21-17+. The topological polar surface area (TPSA) is 92.7 Å². The number of nitrogens with one attached hydrogen (secondary N) is 1. The third-order valence-electron chi connectivity index (χ3n) is 4.90. The van der Waals surface area contributed by atoms with Crippen LogP contribution in [0.3, 0.4) is 0 Å². The Morgan fingerprint density at radius 2 is 1.39 bits per heavy atom. The van der Waals surface area contributed by atoms with Crippen LogP contribution in [0.1, 0.15) is 36.8 Å². The molecule has 1 unspecified atom stereocenters. The summed E-state index contributed by atoms with van der Waals surface area (Å²) in [5, 5.41) is 3.45. The molecule has 1 aliphatic rings. The Bertz CT molecular complexity index is 1070. The van der Waals surface area contributed by atoms with Crippen LogP contribution in [0.5, 0.6) is 0 Å². The Balaban J connectivity index is 1.75. The van der Waals surface area contributed by atoms with E-state index < -0.39 is 25.1 Å². The van der Waals surface area contributed by atoms with Gasteiger partial charge in [0, 0.05) is 12.1 Å². The van der Waals surface area contributed by atoms with E-state index in [1.165, 1.54) is 12.1 Å². The molecule has 1 fully saturated rings. The number of nitrogens with zero attached hydrogens (tertiary/aromatic N) is 1. The highest BCUT2D eigenvalue weighted by Gasteiger charge is 2.31. The van der Waals surface area contributed by atoms with Crippen molar-refractivity contribution in [1.82, 2.24) is 4.83 Å². The van der Waals surface area contributed by atoms with Crippen LogP contribution in [0.2, 0.25) is 0 Å². The van der Waals surface area contributed by atoms with E-state index in [0.29, 0.717) is 29.9 Å². The zero-order valence-corrected chi connectivity index (χ0v) is 17.6. The molecule has 8 heteroatoms. The second-order valence-electron chi connectivity index (χ2n) is 7.16. The molecule has 3 rings (SSSR count). The van der Waals surface area contributed by atoms with Crippen molar-refractivity contribution in [2.24, 2.45) is 5.10 Å². The molecule has 150 valence electrons. The lowest BCUT2D eigenvalue weighted by Gasteiger charge is -2.23. The van der Waals surface area contributed by atoms with Gasteiger partial charge in [-0.15, -0.1) is 0 Å². The number of aryl methyl sites for hydroxylation is 2. The van der Waals surface area contributed by atoms with Gasteiger partial charge in [-0.2, -0.15) is 13.5 Å². The van der Waals surface area contributed by atoms with E-state index in [0.717, 1.165) is 11.1 Å². The van der Waals surface area contributed by atoms with Crippen LogP contribution in [0.4, 0.5) is 0 Å². The Kier molecular flexibility index (Phi) is 5.90. The number of rotatable bonds is 5. The molecule has 0 radical (unpaired) electrons.